The molecular formula is C30H33NO6. The van der Waals surface area contributed by atoms with Crippen molar-refractivity contribution in [1.29, 1.82) is 0 Å². The van der Waals surface area contributed by atoms with Gasteiger partial charge in [-0.05, 0) is 48.9 Å². The predicted octanol–water partition coefficient (Wildman–Crippen LogP) is 4.82. The quantitative estimate of drug-likeness (QED) is 0.517. The van der Waals surface area contributed by atoms with Crippen molar-refractivity contribution >= 4 is 11.8 Å². The molecule has 0 aromatic heterocycles. The van der Waals surface area contributed by atoms with E-state index in [1.807, 2.05) is 48.5 Å². The van der Waals surface area contributed by atoms with Gasteiger partial charge >= 0.3 is 5.97 Å². The lowest BCUT2D eigenvalue weighted by Gasteiger charge is -2.38. The number of nitrogens with one attached hydrogen (secondary N) is 1. The highest BCUT2D eigenvalue weighted by atomic mass is 16.6. The number of allylic oxidation sites excluding steroid dienone is 2. The highest BCUT2D eigenvalue weighted by Crippen LogP contribution is 2.46. The molecule has 2 aromatic rings. The van der Waals surface area contributed by atoms with Gasteiger partial charge < -0.3 is 24.3 Å². The van der Waals surface area contributed by atoms with Crippen molar-refractivity contribution in [3.05, 3.63) is 83.2 Å². The largest absolute Gasteiger partial charge is 0.493 e. The number of hydrogen-bond acceptors (Lipinski definition) is 7. The molecule has 3 unspecified atom stereocenters. The summed E-state index contributed by atoms with van der Waals surface area (Å²) in [5.74, 6) is -0.522. The third-order valence-electron chi connectivity index (χ3n) is 7.26. The molecule has 7 nitrogen and oxygen atoms in total. The number of Topliss-reactive ketones (excluding diaryl/α,β-unsaturated/α-hetero) is 1. The third kappa shape index (κ3) is 5.42. The van der Waals surface area contributed by atoms with Gasteiger partial charge in [-0.2, -0.15) is 0 Å². The minimum absolute atomic E-state index is 0.0470. The molecule has 1 saturated heterocycles. The van der Waals surface area contributed by atoms with E-state index in [9.17, 15) is 9.59 Å². The Hall–Kier alpha value is -3.58. The number of carbonyl (C=O) groups excluding carboxylic acids is 2. The van der Waals surface area contributed by atoms with Crippen LogP contribution in [0.2, 0.25) is 0 Å². The van der Waals surface area contributed by atoms with Gasteiger partial charge in [-0.3, -0.25) is 9.59 Å². The summed E-state index contributed by atoms with van der Waals surface area (Å²) < 4.78 is 23.1. The number of rotatable bonds is 8. The van der Waals surface area contributed by atoms with Gasteiger partial charge in [-0.15, -0.1) is 0 Å². The van der Waals surface area contributed by atoms with Gasteiger partial charge in [0, 0.05) is 35.9 Å². The Kier molecular flexibility index (Phi) is 7.60. The molecule has 7 heteroatoms. The van der Waals surface area contributed by atoms with Crippen LogP contribution in [0.5, 0.6) is 11.5 Å². The first-order chi connectivity index (χ1) is 18.0. The first-order valence-electron chi connectivity index (χ1n) is 12.9. The summed E-state index contributed by atoms with van der Waals surface area (Å²) in [6.07, 6.45) is 3.71. The average Bonchev–Trinajstić information content (AvgIpc) is 3.44. The molecule has 1 N–H and O–H groups in total. The van der Waals surface area contributed by atoms with E-state index in [-0.39, 0.29) is 18.5 Å². The van der Waals surface area contributed by atoms with Crippen LogP contribution >= 0.6 is 0 Å². The summed E-state index contributed by atoms with van der Waals surface area (Å²) in [4.78, 5) is 26.7. The van der Waals surface area contributed by atoms with Crippen LogP contribution in [0.25, 0.3) is 0 Å². The first kappa shape index (κ1) is 25.1. The van der Waals surface area contributed by atoms with E-state index in [0.29, 0.717) is 42.4 Å². The molecular weight excluding hydrogens is 470 g/mol. The maximum absolute atomic E-state index is 13.5. The second kappa shape index (κ2) is 11.2. The first-order valence-corrected chi connectivity index (χ1v) is 12.9. The molecule has 0 amide bonds. The number of ether oxygens (including phenoxy) is 4. The summed E-state index contributed by atoms with van der Waals surface area (Å²) in [5.41, 5.74) is 3.83. The zero-order chi connectivity index (χ0) is 25.8. The van der Waals surface area contributed by atoms with Crippen LogP contribution in [-0.4, -0.2) is 38.2 Å². The Morgan fingerprint density at radius 2 is 1.95 bits per heavy atom. The van der Waals surface area contributed by atoms with Gasteiger partial charge in [0.25, 0.3) is 0 Å². The molecule has 3 aliphatic rings. The summed E-state index contributed by atoms with van der Waals surface area (Å²) in [6.45, 7) is 5.42. The van der Waals surface area contributed by atoms with E-state index in [4.69, 9.17) is 18.9 Å². The fraction of sp³-hybridized carbons (Fsp3) is 0.400. The molecule has 0 radical (unpaired) electrons. The van der Waals surface area contributed by atoms with Crippen LogP contribution in [0, 0.1) is 5.92 Å². The summed E-state index contributed by atoms with van der Waals surface area (Å²) in [6, 6.07) is 15.4. The summed E-state index contributed by atoms with van der Waals surface area (Å²) in [7, 11) is 1.59. The fourth-order valence-electron chi connectivity index (χ4n) is 5.41. The minimum atomic E-state index is -0.752. The van der Waals surface area contributed by atoms with Crippen LogP contribution in [0.1, 0.15) is 49.1 Å². The van der Waals surface area contributed by atoms with E-state index < -0.39 is 17.8 Å². The van der Waals surface area contributed by atoms with Crippen LogP contribution in [-0.2, 0) is 25.7 Å². The van der Waals surface area contributed by atoms with Crippen molar-refractivity contribution in [1.82, 2.24) is 5.32 Å². The van der Waals surface area contributed by atoms with Crippen molar-refractivity contribution < 1.29 is 28.5 Å². The molecule has 37 heavy (non-hydrogen) atoms. The number of ketones is 1. The molecule has 1 aliphatic carbocycles. The standard InChI is InChI=1S/C30H33NO6/c1-19-27(30(33)37-18-22-10-7-15-35-22)28(29-23(31-19)11-6-12-24(29)32)21-13-14-25(34-2)26(16-21)36-17-20-8-4-3-5-9-20/h3-5,8-9,13-14,16,22,27-28,31H,1,6-7,10-12,15,17-18H2,2H3. The number of carbonyl (C=O) groups is 2. The van der Waals surface area contributed by atoms with E-state index in [0.717, 1.165) is 42.5 Å². The number of hydrogen-bond donors (Lipinski definition) is 1. The van der Waals surface area contributed by atoms with Gasteiger partial charge in [-0.25, -0.2) is 0 Å². The van der Waals surface area contributed by atoms with Gasteiger partial charge in [-0.1, -0.05) is 43.0 Å². The fourth-order valence-corrected chi connectivity index (χ4v) is 5.41. The molecule has 0 spiro atoms. The van der Waals surface area contributed by atoms with E-state index in [1.165, 1.54) is 0 Å². The topological polar surface area (TPSA) is 83.1 Å². The van der Waals surface area contributed by atoms with Gasteiger partial charge in [0.05, 0.1) is 13.2 Å². The number of methoxy groups -OCH3 is 1. The van der Waals surface area contributed by atoms with Crippen molar-refractivity contribution in [2.45, 2.75) is 50.7 Å². The van der Waals surface area contributed by atoms with Crippen molar-refractivity contribution in [3.63, 3.8) is 0 Å². The molecule has 0 saturated carbocycles. The normalized spacial score (nSPS) is 23.3. The molecule has 3 atom stereocenters. The second-order valence-electron chi connectivity index (χ2n) is 9.72. The SMILES string of the molecule is C=C1NC2=C(C(=O)CCC2)C(c2ccc(OC)c(OCc3ccccc3)c2)C1C(=O)OCC1CCCO1. The Morgan fingerprint density at radius 3 is 2.70 bits per heavy atom. The van der Waals surface area contributed by atoms with E-state index in [2.05, 4.69) is 11.9 Å². The number of benzene rings is 2. The van der Waals surface area contributed by atoms with Crippen LogP contribution < -0.4 is 14.8 Å². The van der Waals surface area contributed by atoms with E-state index >= 15 is 0 Å². The Bertz CT molecular complexity index is 1200. The van der Waals surface area contributed by atoms with Crippen LogP contribution in [0.3, 0.4) is 0 Å². The van der Waals surface area contributed by atoms with Gasteiger partial charge in [0.15, 0.2) is 17.3 Å². The van der Waals surface area contributed by atoms with Crippen molar-refractivity contribution in [2.24, 2.45) is 5.92 Å². The van der Waals surface area contributed by atoms with Crippen molar-refractivity contribution in [3.8, 4) is 11.5 Å². The minimum Gasteiger partial charge on any atom is -0.493 e. The summed E-state index contributed by atoms with van der Waals surface area (Å²) >= 11 is 0. The monoisotopic (exact) mass is 503 g/mol. The maximum atomic E-state index is 13.5. The molecule has 5 rings (SSSR count). The average molecular weight is 504 g/mol. The zero-order valence-electron chi connectivity index (χ0n) is 21.2. The molecule has 1 fully saturated rings. The smallest absolute Gasteiger partial charge is 0.315 e. The molecule has 0 bridgehead atoms. The second-order valence-corrected chi connectivity index (χ2v) is 9.72. The Labute approximate surface area is 217 Å². The number of esters is 1. The van der Waals surface area contributed by atoms with E-state index in [1.54, 1.807) is 7.11 Å². The molecule has 2 aromatic carbocycles. The maximum Gasteiger partial charge on any atom is 0.315 e. The molecule has 2 heterocycles. The van der Waals surface area contributed by atoms with Gasteiger partial charge in [0.2, 0.25) is 0 Å². The zero-order valence-corrected chi connectivity index (χ0v) is 21.2. The lowest BCUT2D eigenvalue weighted by Crippen LogP contribution is -2.41. The third-order valence-corrected chi connectivity index (χ3v) is 7.26. The molecule has 194 valence electrons. The highest BCUT2D eigenvalue weighted by molar-refractivity contribution is 6.00. The van der Waals surface area contributed by atoms with Crippen LogP contribution in [0.15, 0.2) is 72.1 Å². The highest BCUT2D eigenvalue weighted by Gasteiger charge is 2.44. The Morgan fingerprint density at radius 1 is 1.11 bits per heavy atom. The lowest BCUT2D eigenvalue weighted by molar-refractivity contribution is -0.151. The van der Waals surface area contributed by atoms with Crippen LogP contribution in [0.4, 0.5) is 0 Å². The summed E-state index contributed by atoms with van der Waals surface area (Å²) in [5, 5.41) is 3.27. The lowest BCUT2D eigenvalue weighted by atomic mass is 9.71. The van der Waals surface area contributed by atoms with Gasteiger partial charge in [0.1, 0.15) is 19.1 Å². The Balaban J connectivity index is 1.48. The van der Waals surface area contributed by atoms with Crippen molar-refractivity contribution in [2.75, 3.05) is 20.3 Å². The predicted molar refractivity (Wildman–Crippen MR) is 138 cm³/mol. The molecule has 2 aliphatic heterocycles.